The van der Waals surface area contributed by atoms with Gasteiger partial charge in [-0.2, -0.15) is 5.10 Å². The van der Waals surface area contributed by atoms with Gasteiger partial charge in [-0.3, -0.25) is 5.10 Å². The van der Waals surface area contributed by atoms with E-state index in [1.165, 1.54) is 0 Å². The van der Waals surface area contributed by atoms with E-state index in [0.29, 0.717) is 19.7 Å². The van der Waals surface area contributed by atoms with Crippen molar-refractivity contribution in [3.8, 4) is 5.75 Å². The molecule has 1 aromatic carbocycles. The van der Waals surface area contributed by atoms with Gasteiger partial charge in [-0.15, -0.1) is 24.0 Å². The summed E-state index contributed by atoms with van der Waals surface area (Å²) in [6.07, 6.45) is 1.72. The molecule has 2 aromatic rings. The van der Waals surface area contributed by atoms with Crippen LogP contribution in [-0.2, 0) is 6.54 Å². The average molecular weight is 415 g/mol. The van der Waals surface area contributed by atoms with Crippen LogP contribution in [0, 0.1) is 0 Å². The number of halogens is 1. The Morgan fingerprint density at radius 3 is 2.73 bits per heavy atom. The van der Waals surface area contributed by atoms with E-state index in [4.69, 9.17) is 4.74 Å². The first-order chi connectivity index (χ1) is 10.4. The molecular formula is C15H22IN5O. The van der Waals surface area contributed by atoms with Crippen molar-refractivity contribution in [2.75, 3.05) is 19.7 Å². The van der Waals surface area contributed by atoms with Crippen molar-refractivity contribution in [1.82, 2.24) is 20.8 Å². The fourth-order valence-corrected chi connectivity index (χ4v) is 1.73. The summed E-state index contributed by atoms with van der Waals surface area (Å²) in [7, 11) is 0. The molecule has 0 spiro atoms. The number of ether oxygens (including phenoxy) is 1. The van der Waals surface area contributed by atoms with E-state index in [-0.39, 0.29) is 24.0 Å². The lowest BCUT2D eigenvalue weighted by Gasteiger charge is -2.11. The lowest BCUT2D eigenvalue weighted by Crippen LogP contribution is -2.39. The Kier molecular flexibility index (Phi) is 9.04. The van der Waals surface area contributed by atoms with Gasteiger partial charge in [0.25, 0.3) is 0 Å². The Morgan fingerprint density at radius 1 is 1.23 bits per heavy atom. The van der Waals surface area contributed by atoms with Gasteiger partial charge in [0.1, 0.15) is 12.4 Å². The predicted molar refractivity (Wildman–Crippen MR) is 98.8 cm³/mol. The van der Waals surface area contributed by atoms with Crippen LogP contribution in [0.3, 0.4) is 0 Å². The molecule has 1 aromatic heterocycles. The number of guanidine groups is 1. The highest BCUT2D eigenvalue weighted by atomic mass is 127. The summed E-state index contributed by atoms with van der Waals surface area (Å²) in [5, 5.41) is 13.2. The quantitative estimate of drug-likeness (QED) is 0.281. The first-order valence-corrected chi connectivity index (χ1v) is 7.06. The summed E-state index contributed by atoms with van der Waals surface area (Å²) >= 11 is 0. The fourth-order valence-electron chi connectivity index (χ4n) is 1.73. The second-order valence-corrected chi connectivity index (χ2v) is 4.37. The molecule has 0 saturated carbocycles. The number of nitrogens with zero attached hydrogens (tertiary/aromatic N) is 2. The second-order valence-electron chi connectivity index (χ2n) is 4.37. The summed E-state index contributed by atoms with van der Waals surface area (Å²) in [5.74, 6) is 1.64. The van der Waals surface area contributed by atoms with Crippen LogP contribution in [0.25, 0.3) is 0 Å². The fraction of sp³-hybridized carbons (Fsp3) is 0.333. The molecule has 120 valence electrons. The third-order valence-electron chi connectivity index (χ3n) is 2.72. The molecular weight excluding hydrogens is 393 g/mol. The van der Waals surface area contributed by atoms with Crippen LogP contribution < -0.4 is 15.4 Å². The highest BCUT2D eigenvalue weighted by molar-refractivity contribution is 14.0. The van der Waals surface area contributed by atoms with Crippen LogP contribution in [0.2, 0.25) is 0 Å². The summed E-state index contributed by atoms with van der Waals surface area (Å²) in [6.45, 7) is 4.68. The van der Waals surface area contributed by atoms with E-state index in [0.717, 1.165) is 23.9 Å². The zero-order valence-electron chi connectivity index (χ0n) is 12.6. The SMILES string of the molecule is CCNC(=NCc1ccn[nH]1)NCCOc1ccccc1.I. The maximum absolute atomic E-state index is 5.62. The summed E-state index contributed by atoms with van der Waals surface area (Å²) in [4.78, 5) is 4.47. The molecule has 0 saturated heterocycles. The van der Waals surface area contributed by atoms with Gasteiger partial charge in [-0.05, 0) is 25.1 Å². The number of nitrogens with one attached hydrogen (secondary N) is 3. The molecule has 0 unspecified atom stereocenters. The van der Waals surface area contributed by atoms with E-state index in [9.17, 15) is 0 Å². The average Bonchev–Trinajstić information content (AvgIpc) is 3.03. The molecule has 0 atom stereocenters. The summed E-state index contributed by atoms with van der Waals surface area (Å²) in [5.41, 5.74) is 0.979. The van der Waals surface area contributed by atoms with Crippen LogP contribution in [0.5, 0.6) is 5.75 Å². The standard InChI is InChI=1S/C15H21N5O.HI/c1-2-16-15(18-12-13-8-9-19-20-13)17-10-11-21-14-6-4-3-5-7-14;/h3-9H,2,10-12H2,1H3,(H,19,20)(H2,16,17,18);1H. The number of aromatic nitrogens is 2. The maximum Gasteiger partial charge on any atom is 0.191 e. The Morgan fingerprint density at radius 2 is 2.05 bits per heavy atom. The molecule has 1 heterocycles. The largest absolute Gasteiger partial charge is 0.492 e. The van der Waals surface area contributed by atoms with Gasteiger partial charge < -0.3 is 15.4 Å². The molecule has 0 aliphatic carbocycles. The number of aromatic amines is 1. The number of para-hydroxylation sites is 1. The Bertz CT molecular complexity index is 530. The molecule has 3 N–H and O–H groups in total. The highest BCUT2D eigenvalue weighted by Gasteiger charge is 1.98. The molecule has 0 amide bonds. The van der Waals surface area contributed by atoms with Crippen molar-refractivity contribution in [1.29, 1.82) is 0 Å². The molecule has 0 bridgehead atoms. The van der Waals surface area contributed by atoms with Crippen molar-refractivity contribution < 1.29 is 4.74 Å². The van der Waals surface area contributed by atoms with Crippen molar-refractivity contribution in [3.63, 3.8) is 0 Å². The van der Waals surface area contributed by atoms with Gasteiger partial charge >= 0.3 is 0 Å². The highest BCUT2D eigenvalue weighted by Crippen LogP contribution is 2.07. The summed E-state index contributed by atoms with van der Waals surface area (Å²) < 4.78 is 5.62. The third-order valence-corrected chi connectivity index (χ3v) is 2.72. The normalized spacial score (nSPS) is 10.7. The van der Waals surface area contributed by atoms with Crippen LogP contribution in [0.15, 0.2) is 47.6 Å². The van der Waals surface area contributed by atoms with Gasteiger partial charge in [-0.25, -0.2) is 4.99 Å². The number of aliphatic imine (C=N–C) groups is 1. The van der Waals surface area contributed by atoms with E-state index in [1.54, 1.807) is 6.20 Å². The Hall–Kier alpha value is -1.77. The zero-order chi connectivity index (χ0) is 14.8. The number of hydrogen-bond donors (Lipinski definition) is 3. The second kappa shape index (κ2) is 10.9. The first kappa shape index (κ1) is 18.3. The molecule has 22 heavy (non-hydrogen) atoms. The van der Waals surface area contributed by atoms with Crippen molar-refractivity contribution in [2.45, 2.75) is 13.5 Å². The molecule has 0 radical (unpaired) electrons. The lowest BCUT2D eigenvalue weighted by atomic mass is 10.3. The van der Waals surface area contributed by atoms with Crippen LogP contribution >= 0.6 is 24.0 Å². The molecule has 0 aliphatic heterocycles. The van der Waals surface area contributed by atoms with Crippen LogP contribution in [0.1, 0.15) is 12.6 Å². The predicted octanol–water partition coefficient (Wildman–Crippen LogP) is 2.16. The minimum absolute atomic E-state index is 0. The van der Waals surface area contributed by atoms with Gasteiger partial charge in [-0.1, -0.05) is 18.2 Å². The molecule has 7 heteroatoms. The van der Waals surface area contributed by atoms with Crippen molar-refractivity contribution in [2.24, 2.45) is 4.99 Å². The smallest absolute Gasteiger partial charge is 0.191 e. The number of rotatable bonds is 7. The van der Waals surface area contributed by atoms with Gasteiger partial charge in [0, 0.05) is 12.7 Å². The minimum atomic E-state index is 0. The topological polar surface area (TPSA) is 74.3 Å². The van der Waals surface area contributed by atoms with Gasteiger partial charge in [0.05, 0.1) is 18.8 Å². The minimum Gasteiger partial charge on any atom is -0.492 e. The van der Waals surface area contributed by atoms with E-state index in [2.05, 4.69) is 25.8 Å². The summed E-state index contributed by atoms with van der Waals surface area (Å²) in [6, 6.07) is 11.7. The number of benzene rings is 1. The molecule has 0 aliphatic rings. The maximum atomic E-state index is 5.62. The Balaban J connectivity index is 0.00000242. The zero-order valence-corrected chi connectivity index (χ0v) is 14.9. The Labute approximate surface area is 147 Å². The molecule has 6 nitrogen and oxygen atoms in total. The number of H-pyrrole nitrogens is 1. The van der Waals surface area contributed by atoms with Crippen molar-refractivity contribution in [3.05, 3.63) is 48.3 Å². The monoisotopic (exact) mass is 415 g/mol. The number of hydrogen-bond acceptors (Lipinski definition) is 3. The van der Waals surface area contributed by atoms with E-state index >= 15 is 0 Å². The van der Waals surface area contributed by atoms with Crippen LogP contribution in [-0.4, -0.2) is 35.9 Å². The van der Waals surface area contributed by atoms with E-state index < -0.39 is 0 Å². The molecule has 0 fully saturated rings. The van der Waals surface area contributed by atoms with Crippen molar-refractivity contribution >= 4 is 29.9 Å². The third kappa shape index (κ3) is 6.79. The van der Waals surface area contributed by atoms with Gasteiger partial charge in [0.15, 0.2) is 5.96 Å². The first-order valence-electron chi connectivity index (χ1n) is 7.06. The van der Waals surface area contributed by atoms with Gasteiger partial charge in [0.2, 0.25) is 0 Å². The molecule has 2 rings (SSSR count). The van der Waals surface area contributed by atoms with E-state index in [1.807, 2.05) is 43.3 Å². The van der Waals surface area contributed by atoms with Crippen LogP contribution in [0.4, 0.5) is 0 Å². The lowest BCUT2D eigenvalue weighted by molar-refractivity contribution is 0.322.